The van der Waals surface area contributed by atoms with Crippen LogP contribution in [-0.4, -0.2) is 0 Å². The molecule has 0 unspecified atom stereocenters. The topological polar surface area (TPSA) is 0 Å². The highest BCUT2D eigenvalue weighted by molar-refractivity contribution is 6.30. The standard InChI is InChI=1S/C26H28Cl/c1-2-3-4-5-6-7-10-21-13-15-22(16-14-21)25-11-8-9-12-26(25)23-17-19-24(27)20-18-23/h8-9,11,13-20H,2-7,10H2,1H3. The van der Waals surface area contributed by atoms with Crippen LogP contribution in [0.4, 0.5) is 0 Å². The van der Waals surface area contributed by atoms with Crippen LogP contribution in [0.15, 0.2) is 66.7 Å². The van der Waals surface area contributed by atoms with Gasteiger partial charge in [0.2, 0.25) is 0 Å². The van der Waals surface area contributed by atoms with Gasteiger partial charge in [-0.2, -0.15) is 0 Å². The molecular weight excluding hydrogens is 348 g/mol. The Bertz CT molecular complexity index is 816. The van der Waals surface area contributed by atoms with Crippen molar-refractivity contribution in [3.63, 3.8) is 0 Å². The highest BCUT2D eigenvalue weighted by atomic mass is 35.5. The molecule has 0 aliphatic rings. The maximum absolute atomic E-state index is 6.04. The van der Waals surface area contributed by atoms with Gasteiger partial charge in [0.05, 0.1) is 0 Å². The Morgan fingerprint density at radius 2 is 1.41 bits per heavy atom. The van der Waals surface area contributed by atoms with E-state index in [9.17, 15) is 0 Å². The van der Waals surface area contributed by atoms with Gasteiger partial charge in [-0.05, 0) is 58.9 Å². The maximum atomic E-state index is 6.04. The van der Waals surface area contributed by atoms with E-state index in [4.69, 9.17) is 11.6 Å². The van der Waals surface area contributed by atoms with Crippen molar-refractivity contribution < 1.29 is 0 Å². The summed E-state index contributed by atoms with van der Waals surface area (Å²) in [6.45, 7) is 2.27. The summed E-state index contributed by atoms with van der Waals surface area (Å²) in [5, 5.41) is 0.760. The Labute approximate surface area is 169 Å². The van der Waals surface area contributed by atoms with Crippen LogP contribution in [0, 0.1) is 6.07 Å². The van der Waals surface area contributed by atoms with Gasteiger partial charge in [-0.25, -0.2) is 0 Å². The fourth-order valence-corrected chi connectivity index (χ4v) is 3.62. The molecule has 0 saturated carbocycles. The van der Waals surface area contributed by atoms with E-state index in [1.807, 2.05) is 18.2 Å². The van der Waals surface area contributed by atoms with Gasteiger partial charge >= 0.3 is 0 Å². The van der Waals surface area contributed by atoms with Gasteiger partial charge in [0.15, 0.2) is 0 Å². The fraction of sp³-hybridized carbons (Fsp3) is 0.308. The molecule has 3 rings (SSSR count). The van der Waals surface area contributed by atoms with Crippen LogP contribution in [-0.2, 0) is 6.42 Å². The molecule has 0 fully saturated rings. The SMILES string of the molecule is CCCCCCCCc1ccc(-c2ccc[c]c2-c2ccc(Cl)cc2)cc1. The van der Waals surface area contributed by atoms with Crippen molar-refractivity contribution in [1.29, 1.82) is 0 Å². The molecule has 0 aliphatic heterocycles. The van der Waals surface area contributed by atoms with Crippen LogP contribution in [0.5, 0.6) is 0 Å². The van der Waals surface area contributed by atoms with Gasteiger partial charge in [-0.1, -0.05) is 105 Å². The number of unbranched alkanes of at least 4 members (excludes halogenated alkanes) is 5. The van der Waals surface area contributed by atoms with Crippen LogP contribution < -0.4 is 0 Å². The van der Waals surface area contributed by atoms with Crippen molar-refractivity contribution in [3.05, 3.63) is 83.4 Å². The first kappa shape index (κ1) is 19.7. The Kier molecular flexibility index (Phi) is 7.54. The quantitative estimate of drug-likeness (QED) is 0.329. The largest absolute Gasteiger partial charge is 0.0843 e. The number of aryl methyl sites for hydroxylation is 1. The highest BCUT2D eigenvalue weighted by Gasteiger charge is 2.07. The summed E-state index contributed by atoms with van der Waals surface area (Å²) in [6.07, 6.45) is 9.25. The minimum atomic E-state index is 0.760. The molecule has 0 nitrogen and oxygen atoms in total. The molecule has 1 radical (unpaired) electrons. The summed E-state index contributed by atoms with van der Waals surface area (Å²) < 4.78 is 0. The minimum Gasteiger partial charge on any atom is -0.0843 e. The fourth-order valence-electron chi connectivity index (χ4n) is 3.49. The summed E-state index contributed by atoms with van der Waals surface area (Å²) in [6, 6.07) is 26.6. The zero-order valence-corrected chi connectivity index (χ0v) is 16.9. The summed E-state index contributed by atoms with van der Waals surface area (Å²) in [5.74, 6) is 0. The first-order valence-corrected chi connectivity index (χ1v) is 10.5. The number of hydrogen-bond acceptors (Lipinski definition) is 0. The van der Waals surface area contributed by atoms with E-state index < -0.39 is 0 Å². The van der Waals surface area contributed by atoms with Gasteiger partial charge in [-0.3, -0.25) is 0 Å². The first-order valence-electron chi connectivity index (χ1n) is 10.1. The Morgan fingerprint density at radius 1 is 0.741 bits per heavy atom. The third-order valence-corrected chi connectivity index (χ3v) is 5.32. The predicted molar refractivity (Wildman–Crippen MR) is 118 cm³/mol. The molecule has 0 aliphatic carbocycles. The van der Waals surface area contributed by atoms with Crippen LogP contribution in [0.3, 0.4) is 0 Å². The molecule has 0 atom stereocenters. The smallest absolute Gasteiger partial charge is 0.0406 e. The number of benzene rings is 3. The first-order chi connectivity index (χ1) is 13.3. The number of rotatable bonds is 9. The third-order valence-electron chi connectivity index (χ3n) is 5.07. The summed E-state index contributed by atoms with van der Waals surface area (Å²) >= 11 is 6.04. The molecule has 0 amide bonds. The van der Waals surface area contributed by atoms with E-state index in [1.54, 1.807) is 0 Å². The molecule has 0 aromatic heterocycles. The summed E-state index contributed by atoms with van der Waals surface area (Å²) in [7, 11) is 0. The predicted octanol–water partition coefficient (Wildman–Crippen LogP) is 8.38. The van der Waals surface area contributed by atoms with Crippen LogP contribution >= 0.6 is 11.6 Å². The number of halogens is 1. The van der Waals surface area contributed by atoms with E-state index in [0.29, 0.717) is 0 Å². The lowest BCUT2D eigenvalue weighted by Gasteiger charge is -2.11. The molecule has 139 valence electrons. The van der Waals surface area contributed by atoms with Crippen LogP contribution in [0.25, 0.3) is 22.3 Å². The van der Waals surface area contributed by atoms with Gasteiger partial charge in [0.1, 0.15) is 0 Å². The average Bonchev–Trinajstić information content (AvgIpc) is 2.72. The zero-order valence-electron chi connectivity index (χ0n) is 16.2. The lowest BCUT2D eigenvalue weighted by atomic mass is 9.93. The van der Waals surface area contributed by atoms with Gasteiger partial charge in [0.25, 0.3) is 0 Å². The lowest BCUT2D eigenvalue weighted by molar-refractivity contribution is 0.607. The van der Waals surface area contributed by atoms with E-state index in [1.165, 1.54) is 61.6 Å². The lowest BCUT2D eigenvalue weighted by Crippen LogP contribution is -1.89. The van der Waals surface area contributed by atoms with E-state index in [0.717, 1.165) is 16.1 Å². The van der Waals surface area contributed by atoms with Gasteiger partial charge in [0, 0.05) is 5.02 Å². The molecule has 0 N–H and O–H groups in total. The van der Waals surface area contributed by atoms with Crippen molar-refractivity contribution in [2.45, 2.75) is 51.9 Å². The molecule has 3 aromatic rings. The molecule has 1 heteroatoms. The second kappa shape index (κ2) is 10.3. The zero-order chi connectivity index (χ0) is 18.9. The molecular formula is C26H28Cl. The minimum absolute atomic E-state index is 0.760. The average molecular weight is 376 g/mol. The molecule has 0 saturated heterocycles. The van der Waals surface area contributed by atoms with E-state index in [-0.39, 0.29) is 0 Å². The molecule has 3 aromatic carbocycles. The van der Waals surface area contributed by atoms with Crippen molar-refractivity contribution in [2.24, 2.45) is 0 Å². The van der Waals surface area contributed by atoms with E-state index >= 15 is 0 Å². The monoisotopic (exact) mass is 375 g/mol. The molecule has 0 spiro atoms. The van der Waals surface area contributed by atoms with Crippen LogP contribution in [0.2, 0.25) is 5.02 Å². The summed E-state index contributed by atoms with van der Waals surface area (Å²) in [4.78, 5) is 0. The normalized spacial score (nSPS) is 10.9. The van der Waals surface area contributed by atoms with Gasteiger partial charge in [-0.15, -0.1) is 0 Å². The Balaban J connectivity index is 1.68. The van der Waals surface area contributed by atoms with E-state index in [2.05, 4.69) is 61.5 Å². The molecule has 27 heavy (non-hydrogen) atoms. The van der Waals surface area contributed by atoms with Crippen molar-refractivity contribution in [2.75, 3.05) is 0 Å². The Hall–Kier alpha value is -2.05. The third kappa shape index (κ3) is 5.71. The maximum Gasteiger partial charge on any atom is 0.0406 e. The van der Waals surface area contributed by atoms with Crippen LogP contribution in [0.1, 0.15) is 51.0 Å². The van der Waals surface area contributed by atoms with Gasteiger partial charge < -0.3 is 0 Å². The Morgan fingerprint density at radius 3 is 2.15 bits per heavy atom. The van der Waals surface area contributed by atoms with Crippen molar-refractivity contribution in [3.8, 4) is 22.3 Å². The van der Waals surface area contributed by atoms with Crippen molar-refractivity contribution in [1.82, 2.24) is 0 Å². The highest BCUT2D eigenvalue weighted by Crippen LogP contribution is 2.32. The second-order valence-corrected chi connectivity index (χ2v) is 7.62. The second-order valence-electron chi connectivity index (χ2n) is 7.18. The molecule has 0 bridgehead atoms. The molecule has 0 heterocycles. The summed E-state index contributed by atoms with van der Waals surface area (Å²) in [5.41, 5.74) is 6.15. The van der Waals surface area contributed by atoms with Crippen molar-refractivity contribution >= 4 is 11.6 Å². The number of hydrogen-bond donors (Lipinski definition) is 0.